The minimum absolute atomic E-state index is 0.0887. The molecule has 0 aliphatic carbocycles. The van der Waals surface area contributed by atoms with E-state index in [1.165, 1.54) is 0 Å². The van der Waals surface area contributed by atoms with Gasteiger partial charge in [0.2, 0.25) is 0 Å². The number of rotatable bonds is 5. The maximum Gasteiger partial charge on any atom is 0.322 e. The zero-order chi connectivity index (χ0) is 15.5. The first-order valence-corrected chi connectivity index (χ1v) is 9.12. The molecule has 2 aliphatic rings. The average molecular weight is 319 g/mol. The van der Waals surface area contributed by atoms with Crippen molar-refractivity contribution in [3.63, 3.8) is 0 Å². The quantitative estimate of drug-likeness (QED) is 0.758. The first-order valence-electron chi connectivity index (χ1n) is 7.68. The molecule has 2 aliphatic heterocycles. The third-order valence-corrected chi connectivity index (χ3v) is 6.08. The third-order valence-electron chi connectivity index (χ3n) is 4.40. The summed E-state index contributed by atoms with van der Waals surface area (Å²) in [5.74, 6) is -1.05. The average Bonchev–Trinajstić information content (AvgIpc) is 2.47. The lowest BCUT2D eigenvalue weighted by Gasteiger charge is -2.35. The van der Waals surface area contributed by atoms with Crippen molar-refractivity contribution in [3.05, 3.63) is 0 Å². The molecule has 2 fully saturated rings. The van der Waals surface area contributed by atoms with Gasteiger partial charge >= 0.3 is 5.97 Å². The number of carboxylic acids is 1. The van der Waals surface area contributed by atoms with Crippen LogP contribution in [0, 0.1) is 0 Å². The van der Waals surface area contributed by atoms with Crippen LogP contribution in [0.3, 0.4) is 0 Å². The number of carboxylic acid groups (broad SMARTS) is 1. The highest BCUT2D eigenvalue weighted by Crippen LogP contribution is 2.21. The highest BCUT2D eigenvalue weighted by Gasteiger charge is 2.38. The molecule has 2 rings (SSSR count). The van der Waals surface area contributed by atoms with Crippen LogP contribution in [0.25, 0.3) is 0 Å². The van der Waals surface area contributed by atoms with Crippen LogP contribution in [0.5, 0.6) is 0 Å². The van der Waals surface area contributed by atoms with E-state index in [9.17, 15) is 18.3 Å². The van der Waals surface area contributed by atoms with Gasteiger partial charge < -0.3 is 10.0 Å². The van der Waals surface area contributed by atoms with Crippen LogP contribution >= 0.6 is 0 Å². The molecule has 0 radical (unpaired) electrons. The summed E-state index contributed by atoms with van der Waals surface area (Å²) in [5, 5.41) is 9.20. The van der Waals surface area contributed by atoms with Crippen molar-refractivity contribution < 1.29 is 18.3 Å². The van der Waals surface area contributed by atoms with Gasteiger partial charge in [-0.25, -0.2) is 0 Å². The predicted octanol–water partition coefficient (Wildman–Crippen LogP) is 0.244. The van der Waals surface area contributed by atoms with Crippen LogP contribution < -0.4 is 4.72 Å². The minimum atomic E-state index is -3.72. The number of nitrogens with zero attached hydrogens (tertiary/aromatic N) is 2. The maximum atomic E-state index is 12.5. The van der Waals surface area contributed by atoms with Gasteiger partial charge in [0, 0.05) is 12.6 Å². The molecule has 0 bridgehead atoms. The smallest absolute Gasteiger partial charge is 0.322 e. The lowest BCUT2D eigenvalue weighted by molar-refractivity contribution is -0.142. The van der Waals surface area contributed by atoms with E-state index < -0.39 is 22.2 Å². The second-order valence-corrected chi connectivity index (χ2v) is 7.45. The van der Waals surface area contributed by atoms with Gasteiger partial charge in [0.1, 0.15) is 6.04 Å². The highest BCUT2D eigenvalue weighted by molar-refractivity contribution is 7.87. The summed E-state index contributed by atoms with van der Waals surface area (Å²) in [6.45, 7) is 5.13. The molecule has 0 aromatic heterocycles. The lowest BCUT2D eigenvalue weighted by Crippen LogP contribution is -2.55. The SMILES string of the molecule is CCN1CCC(NS(=O)(=O)N2CCCCC2C(=O)O)CC1. The molecule has 0 saturated carbocycles. The summed E-state index contributed by atoms with van der Waals surface area (Å²) in [6.07, 6.45) is 3.43. The van der Waals surface area contributed by atoms with Crippen LogP contribution in [0.4, 0.5) is 0 Å². The van der Waals surface area contributed by atoms with Gasteiger partial charge in [0.15, 0.2) is 0 Å². The second-order valence-electron chi connectivity index (χ2n) is 5.79. The molecule has 21 heavy (non-hydrogen) atoms. The molecule has 2 heterocycles. The lowest BCUT2D eigenvalue weighted by atomic mass is 10.1. The van der Waals surface area contributed by atoms with Crippen molar-refractivity contribution in [1.29, 1.82) is 0 Å². The van der Waals surface area contributed by atoms with Gasteiger partial charge in [-0.05, 0) is 51.7 Å². The van der Waals surface area contributed by atoms with Crippen molar-refractivity contribution in [1.82, 2.24) is 13.9 Å². The molecule has 7 nitrogen and oxygen atoms in total. The molecule has 2 N–H and O–H groups in total. The zero-order valence-electron chi connectivity index (χ0n) is 12.5. The van der Waals surface area contributed by atoms with Gasteiger partial charge in [0.05, 0.1) is 0 Å². The van der Waals surface area contributed by atoms with Crippen molar-refractivity contribution in [2.75, 3.05) is 26.2 Å². The Morgan fingerprint density at radius 1 is 1.19 bits per heavy atom. The fourth-order valence-electron chi connectivity index (χ4n) is 3.08. The van der Waals surface area contributed by atoms with E-state index in [4.69, 9.17) is 0 Å². The van der Waals surface area contributed by atoms with E-state index in [0.717, 1.165) is 49.6 Å². The molecule has 0 aromatic rings. The Morgan fingerprint density at radius 3 is 2.43 bits per heavy atom. The number of aliphatic carboxylic acids is 1. The molecule has 8 heteroatoms. The van der Waals surface area contributed by atoms with Gasteiger partial charge in [-0.2, -0.15) is 17.4 Å². The Morgan fingerprint density at radius 2 is 1.86 bits per heavy atom. The Balaban J connectivity index is 1.99. The number of hydrogen-bond donors (Lipinski definition) is 2. The Hall–Kier alpha value is -0.700. The minimum Gasteiger partial charge on any atom is -0.480 e. The van der Waals surface area contributed by atoms with Crippen molar-refractivity contribution in [2.45, 2.75) is 51.1 Å². The van der Waals surface area contributed by atoms with Crippen molar-refractivity contribution >= 4 is 16.2 Å². The van der Waals surface area contributed by atoms with Crippen molar-refractivity contribution in [3.8, 4) is 0 Å². The van der Waals surface area contributed by atoms with Crippen LogP contribution in [0.2, 0.25) is 0 Å². The molecule has 0 aromatic carbocycles. The van der Waals surface area contributed by atoms with Crippen molar-refractivity contribution in [2.24, 2.45) is 0 Å². The Bertz CT molecular complexity index is 460. The van der Waals surface area contributed by atoms with E-state index in [1.807, 2.05) is 0 Å². The largest absolute Gasteiger partial charge is 0.480 e. The zero-order valence-corrected chi connectivity index (χ0v) is 13.3. The van der Waals surface area contributed by atoms with E-state index in [-0.39, 0.29) is 6.04 Å². The summed E-state index contributed by atoms with van der Waals surface area (Å²) in [4.78, 5) is 13.5. The van der Waals surface area contributed by atoms with Gasteiger partial charge in [-0.1, -0.05) is 6.92 Å². The molecule has 122 valence electrons. The number of nitrogens with one attached hydrogen (secondary N) is 1. The number of likely N-dealkylation sites (tertiary alicyclic amines) is 1. The second kappa shape index (κ2) is 7.04. The Labute approximate surface area is 126 Å². The van der Waals surface area contributed by atoms with Crippen LogP contribution in [0.15, 0.2) is 0 Å². The van der Waals surface area contributed by atoms with Crippen LogP contribution in [0.1, 0.15) is 39.0 Å². The molecular weight excluding hydrogens is 294 g/mol. The summed E-state index contributed by atoms with van der Waals surface area (Å²) < 4.78 is 28.7. The number of hydrogen-bond acceptors (Lipinski definition) is 4. The molecule has 1 atom stereocenters. The van der Waals surface area contributed by atoms with Gasteiger partial charge in [0.25, 0.3) is 10.2 Å². The molecular formula is C13H25N3O4S. The van der Waals surface area contributed by atoms with Crippen LogP contribution in [-0.2, 0) is 15.0 Å². The first-order chi connectivity index (χ1) is 9.94. The monoisotopic (exact) mass is 319 g/mol. The summed E-state index contributed by atoms with van der Waals surface area (Å²) in [5.41, 5.74) is 0. The standard InChI is InChI=1S/C13H25N3O4S/c1-2-15-9-6-11(7-10-15)14-21(19,20)16-8-4-3-5-12(16)13(17)18/h11-12,14H,2-10H2,1H3,(H,17,18). The predicted molar refractivity (Wildman–Crippen MR) is 79.2 cm³/mol. The molecule has 1 unspecified atom stereocenters. The van der Waals surface area contributed by atoms with E-state index in [1.54, 1.807) is 0 Å². The fraction of sp³-hybridized carbons (Fsp3) is 0.923. The van der Waals surface area contributed by atoms with E-state index >= 15 is 0 Å². The molecule has 0 amide bonds. The summed E-state index contributed by atoms with van der Waals surface area (Å²) >= 11 is 0. The fourth-order valence-corrected chi connectivity index (χ4v) is 4.78. The highest BCUT2D eigenvalue weighted by atomic mass is 32.2. The van der Waals surface area contributed by atoms with Gasteiger partial charge in [-0.3, -0.25) is 4.79 Å². The summed E-state index contributed by atoms with van der Waals surface area (Å²) in [6, 6.07) is -1.01. The van der Waals surface area contributed by atoms with Crippen LogP contribution in [-0.4, -0.2) is 67.0 Å². The number of carbonyl (C=O) groups is 1. The van der Waals surface area contributed by atoms with E-state index in [0.29, 0.717) is 13.0 Å². The number of piperidine rings is 2. The topological polar surface area (TPSA) is 90.0 Å². The third kappa shape index (κ3) is 4.15. The first kappa shape index (κ1) is 16.7. The van der Waals surface area contributed by atoms with Gasteiger partial charge in [-0.15, -0.1) is 0 Å². The molecule has 2 saturated heterocycles. The van der Waals surface area contributed by atoms with E-state index in [2.05, 4.69) is 16.5 Å². The maximum absolute atomic E-state index is 12.5. The Kier molecular flexibility index (Phi) is 5.59. The normalized spacial score (nSPS) is 26.8. The summed E-state index contributed by atoms with van der Waals surface area (Å²) in [7, 11) is -3.72. The molecule has 0 spiro atoms.